The van der Waals surface area contributed by atoms with Gasteiger partial charge in [0.15, 0.2) is 12.6 Å². The zero-order valence-corrected chi connectivity index (χ0v) is 30.2. The van der Waals surface area contributed by atoms with Crippen LogP contribution in [0.2, 0.25) is 0 Å². The minimum atomic E-state index is -1.32. The molecule has 2 aliphatic heterocycles. The molecule has 12 nitrogen and oxygen atoms in total. The number of hydrogen-bond acceptors (Lipinski definition) is 11. The van der Waals surface area contributed by atoms with Crippen molar-refractivity contribution in [1.82, 2.24) is 5.32 Å². The summed E-state index contributed by atoms with van der Waals surface area (Å²) in [6, 6.07) is 37.0. The van der Waals surface area contributed by atoms with E-state index in [4.69, 9.17) is 33.2 Å². The Kier molecular flexibility index (Phi) is 14.7. The number of ether oxygens (including phenoxy) is 7. The van der Waals surface area contributed by atoms with Gasteiger partial charge in [0, 0.05) is 6.92 Å². The monoisotopic (exact) mass is 743 g/mol. The Morgan fingerprint density at radius 3 is 1.35 bits per heavy atom. The van der Waals surface area contributed by atoms with E-state index < -0.39 is 74.6 Å². The molecule has 2 saturated heterocycles. The molecule has 0 unspecified atom stereocenters. The van der Waals surface area contributed by atoms with Crippen LogP contribution >= 0.6 is 0 Å². The molecule has 12 heteroatoms. The maximum Gasteiger partial charge on any atom is 0.217 e. The molecule has 0 spiro atoms. The highest BCUT2D eigenvalue weighted by Gasteiger charge is 2.53. The third kappa shape index (κ3) is 10.6. The van der Waals surface area contributed by atoms with Gasteiger partial charge in [0.2, 0.25) is 5.91 Å². The van der Waals surface area contributed by atoms with Crippen LogP contribution in [0.15, 0.2) is 121 Å². The van der Waals surface area contributed by atoms with Gasteiger partial charge in [-0.15, -0.1) is 0 Å². The number of hydrogen-bond donors (Lipinski definition) is 4. The second-order valence-corrected chi connectivity index (χ2v) is 13.3. The summed E-state index contributed by atoms with van der Waals surface area (Å²) < 4.78 is 44.6. The first-order chi connectivity index (χ1) is 26.4. The molecule has 288 valence electrons. The summed E-state index contributed by atoms with van der Waals surface area (Å²) in [4.78, 5) is 12.8. The van der Waals surface area contributed by atoms with E-state index in [2.05, 4.69) is 5.32 Å². The van der Waals surface area contributed by atoms with Gasteiger partial charge in [0.1, 0.15) is 48.8 Å². The van der Waals surface area contributed by atoms with Gasteiger partial charge in [-0.2, -0.15) is 0 Å². The van der Waals surface area contributed by atoms with E-state index in [1.807, 2.05) is 121 Å². The van der Waals surface area contributed by atoms with Crippen molar-refractivity contribution < 1.29 is 53.3 Å². The van der Waals surface area contributed by atoms with Crippen LogP contribution in [0.5, 0.6) is 0 Å². The summed E-state index contributed by atoms with van der Waals surface area (Å²) in [6.45, 7) is 0.995. The normalized spacial score (nSPS) is 28.4. The largest absolute Gasteiger partial charge is 0.394 e. The molecule has 2 aliphatic rings. The molecule has 0 radical (unpaired) electrons. The molecule has 4 aromatic carbocycles. The maximum atomic E-state index is 12.8. The molecule has 4 aromatic rings. The molecule has 10 atom stereocenters. The summed E-state index contributed by atoms with van der Waals surface area (Å²) in [7, 11) is 0. The molecule has 0 aromatic heterocycles. The number of carbonyl (C=O) groups excluding carboxylic acids is 1. The van der Waals surface area contributed by atoms with Crippen molar-refractivity contribution in [2.75, 3.05) is 13.2 Å². The molecule has 54 heavy (non-hydrogen) atoms. The number of benzene rings is 4. The molecule has 0 bridgehead atoms. The van der Waals surface area contributed by atoms with Gasteiger partial charge in [-0.1, -0.05) is 121 Å². The Morgan fingerprint density at radius 1 is 0.556 bits per heavy atom. The molecule has 2 heterocycles. The fourth-order valence-electron chi connectivity index (χ4n) is 6.69. The van der Waals surface area contributed by atoms with Crippen LogP contribution < -0.4 is 5.32 Å². The molecule has 4 N–H and O–H groups in total. The van der Waals surface area contributed by atoms with Crippen molar-refractivity contribution >= 4 is 5.91 Å². The van der Waals surface area contributed by atoms with Crippen LogP contribution in [-0.4, -0.2) is 95.8 Å². The van der Waals surface area contributed by atoms with Crippen molar-refractivity contribution in [3.8, 4) is 0 Å². The van der Waals surface area contributed by atoms with E-state index in [-0.39, 0.29) is 32.3 Å². The van der Waals surface area contributed by atoms with E-state index in [9.17, 15) is 20.1 Å². The van der Waals surface area contributed by atoms with Gasteiger partial charge in [-0.05, 0) is 22.3 Å². The van der Waals surface area contributed by atoms with Gasteiger partial charge in [-0.25, -0.2) is 0 Å². The highest BCUT2D eigenvalue weighted by Crippen LogP contribution is 2.34. The average molecular weight is 744 g/mol. The minimum absolute atomic E-state index is 0.0963. The van der Waals surface area contributed by atoms with E-state index in [1.54, 1.807) is 0 Å². The lowest BCUT2D eigenvalue weighted by Gasteiger charge is -2.49. The van der Waals surface area contributed by atoms with Gasteiger partial charge in [-0.3, -0.25) is 4.79 Å². The smallest absolute Gasteiger partial charge is 0.217 e. The summed E-state index contributed by atoms with van der Waals surface area (Å²) in [5, 5.41) is 35.9. The van der Waals surface area contributed by atoms with Crippen LogP contribution in [0, 0.1) is 0 Å². The van der Waals surface area contributed by atoms with Crippen LogP contribution in [0.3, 0.4) is 0 Å². The van der Waals surface area contributed by atoms with E-state index in [0.29, 0.717) is 0 Å². The van der Waals surface area contributed by atoms with E-state index in [1.165, 1.54) is 6.92 Å². The number of carbonyl (C=O) groups is 1. The van der Waals surface area contributed by atoms with Crippen LogP contribution in [0.4, 0.5) is 0 Å². The van der Waals surface area contributed by atoms with Crippen LogP contribution in [-0.2, 0) is 64.4 Å². The van der Waals surface area contributed by atoms with Gasteiger partial charge in [0.05, 0.1) is 39.6 Å². The topological polar surface area (TPSA) is 154 Å². The number of amides is 1. The summed E-state index contributed by atoms with van der Waals surface area (Å²) in [5.41, 5.74) is 3.49. The first-order valence-corrected chi connectivity index (χ1v) is 18.2. The van der Waals surface area contributed by atoms with Crippen molar-refractivity contribution in [2.45, 2.75) is 94.7 Å². The highest BCUT2D eigenvalue weighted by atomic mass is 16.8. The lowest BCUT2D eigenvalue weighted by atomic mass is 9.95. The number of aliphatic hydroxyl groups is 3. The Hall–Kier alpha value is -4.05. The molecule has 1 amide bonds. The molecule has 0 saturated carbocycles. The Balaban J connectivity index is 1.28. The molecule has 2 fully saturated rings. The highest BCUT2D eigenvalue weighted by molar-refractivity contribution is 5.73. The number of nitrogens with one attached hydrogen (secondary N) is 1. The lowest BCUT2D eigenvalue weighted by Crippen LogP contribution is -2.68. The predicted octanol–water partition coefficient (Wildman–Crippen LogP) is 3.64. The second-order valence-electron chi connectivity index (χ2n) is 13.3. The molecule has 6 rings (SSSR count). The first kappa shape index (κ1) is 39.6. The number of aliphatic hydroxyl groups excluding tert-OH is 3. The van der Waals surface area contributed by atoms with E-state index in [0.717, 1.165) is 22.3 Å². The van der Waals surface area contributed by atoms with Gasteiger partial charge < -0.3 is 53.8 Å². The Bertz CT molecular complexity index is 1670. The fraction of sp³-hybridized carbons (Fsp3) is 0.405. The predicted molar refractivity (Wildman–Crippen MR) is 196 cm³/mol. The quantitative estimate of drug-likeness (QED) is 0.125. The number of rotatable bonds is 17. The van der Waals surface area contributed by atoms with Crippen LogP contribution in [0.25, 0.3) is 0 Å². The summed E-state index contributed by atoms with van der Waals surface area (Å²) in [6.07, 6.45) is -9.78. The standard InChI is InChI=1S/C42H49NO11/c1-28(46)43-35-39(50-26-31-18-10-4-11-19-31)38(49-25-30-16-8-3-9-17-30)34(23-45)52-41(35)54-42-40(51-27-32-20-12-5-13-21-32)36(47)37(33(22-44)53-42)48-24-29-14-6-2-7-15-29/h2-21,33-42,44-45,47H,22-27H2,1H3,(H,43,46)/t33-,34-,35+,36+,37+,38-,39-,40-,41+,42-/m1/s1. The summed E-state index contributed by atoms with van der Waals surface area (Å²) >= 11 is 0. The third-order valence-corrected chi connectivity index (χ3v) is 9.40. The zero-order chi connectivity index (χ0) is 37.7. The zero-order valence-electron chi connectivity index (χ0n) is 30.2. The fourth-order valence-corrected chi connectivity index (χ4v) is 6.69. The van der Waals surface area contributed by atoms with Crippen LogP contribution in [0.1, 0.15) is 29.2 Å². The Morgan fingerprint density at radius 2 is 0.926 bits per heavy atom. The Labute approximate surface area is 315 Å². The SMILES string of the molecule is CC(=O)N[C@@H]1[C@H](O[C@H]2O[C@H](CO)[C@H](OCc3ccccc3)[C@H](O)[C@H]2OCc2ccccc2)O[C@H](CO)[C@@H](OCc2ccccc2)[C@@H]1OCc1ccccc1. The molecular weight excluding hydrogens is 694 g/mol. The second kappa shape index (κ2) is 20.0. The van der Waals surface area contributed by atoms with Crippen molar-refractivity contribution in [3.05, 3.63) is 144 Å². The third-order valence-electron chi connectivity index (χ3n) is 9.40. The lowest BCUT2D eigenvalue weighted by molar-refractivity contribution is -0.374. The van der Waals surface area contributed by atoms with Crippen molar-refractivity contribution in [1.29, 1.82) is 0 Å². The summed E-state index contributed by atoms with van der Waals surface area (Å²) in [5.74, 6) is -0.390. The van der Waals surface area contributed by atoms with Gasteiger partial charge in [0.25, 0.3) is 0 Å². The molecular formula is C42H49NO11. The van der Waals surface area contributed by atoms with Crippen molar-refractivity contribution in [2.24, 2.45) is 0 Å². The average Bonchev–Trinajstić information content (AvgIpc) is 3.20. The van der Waals surface area contributed by atoms with E-state index >= 15 is 0 Å². The first-order valence-electron chi connectivity index (χ1n) is 18.2. The molecule has 0 aliphatic carbocycles. The van der Waals surface area contributed by atoms with Gasteiger partial charge >= 0.3 is 0 Å². The van der Waals surface area contributed by atoms with Crippen molar-refractivity contribution in [3.63, 3.8) is 0 Å². The maximum absolute atomic E-state index is 12.8. The minimum Gasteiger partial charge on any atom is -0.394 e.